The van der Waals surface area contributed by atoms with Crippen molar-refractivity contribution in [3.8, 4) is 10.8 Å². The van der Waals surface area contributed by atoms with E-state index < -0.39 is 0 Å². The Labute approximate surface area is 151 Å². The van der Waals surface area contributed by atoms with E-state index in [9.17, 15) is 4.79 Å². The molecular weight excluding hydrogens is 334 g/mol. The summed E-state index contributed by atoms with van der Waals surface area (Å²) in [6.07, 6.45) is 2.36. The highest BCUT2D eigenvalue weighted by atomic mass is 32.1. The molecule has 3 aliphatic rings. The fourth-order valence-electron chi connectivity index (χ4n) is 3.95. The van der Waals surface area contributed by atoms with Gasteiger partial charge in [-0.2, -0.15) is 0 Å². The summed E-state index contributed by atoms with van der Waals surface area (Å²) in [7, 11) is 0. The van der Waals surface area contributed by atoms with Gasteiger partial charge in [0, 0.05) is 12.1 Å². The molecule has 3 fully saturated rings. The molecule has 5 nitrogen and oxygen atoms in total. The predicted octanol–water partition coefficient (Wildman–Crippen LogP) is 3.34. The smallest absolute Gasteiger partial charge is 0.261 e. The summed E-state index contributed by atoms with van der Waals surface area (Å²) >= 11 is 1.35. The molecule has 2 atom stereocenters. The van der Waals surface area contributed by atoms with Crippen molar-refractivity contribution in [2.45, 2.75) is 31.8 Å². The lowest BCUT2D eigenvalue weighted by molar-refractivity contribution is 0.0218. The zero-order chi connectivity index (χ0) is 17.4. The SMILES string of the molecule is C[C@H]1[C@H](NC(=O)c2ccc(Oc3ccccc3N)s2)C2CCN1CC2. The number of nitrogen functional groups attached to an aromatic ring is 1. The Hall–Kier alpha value is -2.05. The predicted molar refractivity (Wildman–Crippen MR) is 100 cm³/mol. The lowest BCUT2D eigenvalue weighted by Crippen LogP contribution is -2.62. The fraction of sp³-hybridized carbons (Fsp3) is 0.421. The van der Waals surface area contributed by atoms with E-state index in [0.717, 1.165) is 13.1 Å². The van der Waals surface area contributed by atoms with Crippen LogP contribution in [0.2, 0.25) is 0 Å². The van der Waals surface area contributed by atoms with Crippen molar-refractivity contribution in [2.24, 2.45) is 5.92 Å². The number of amides is 1. The molecule has 3 saturated heterocycles. The van der Waals surface area contributed by atoms with Crippen molar-refractivity contribution in [3.63, 3.8) is 0 Å². The van der Waals surface area contributed by atoms with Crippen LogP contribution in [0.3, 0.4) is 0 Å². The highest BCUT2D eigenvalue weighted by Crippen LogP contribution is 2.34. The Morgan fingerprint density at radius 3 is 2.72 bits per heavy atom. The van der Waals surface area contributed by atoms with Gasteiger partial charge in [-0.3, -0.25) is 9.69 Å². The van der Waals surface area contributed by atoms with Crippen LogP contribution in [-0.2, 0) is 0 Å². The van der Waals surface area contributed by atoms with E-state index in [1.54, 1.807) is 6.07 Å². The molecule has 132 valence electrons. The third-order valence-corrected chi connectivity index (χ3v) is 6.37. The van der Waals surface area contributed by atoms with E-state index in [1.807, 2.05) is 30.3 Å². The molecule has 3 aliphatic heterocycles. The monoisotopic (exact) mass is 357 g/mol. The van der Waals surface area contributed by atoms with Crippen LogP contribution in [0.15, 0.2) is 36.4 Å². The maximum atomic E-state index is 12.7. The van der Waals surface area contributed by atoms with Gasteiger partial charge >= 0.3 is 0 Å². The number of para-hydroxylation sites is 2. The summed E-state index contributed by atoms with van der Waals surface area (Å²) < 4.78 is 5.81. The van der Waals surface area contributed by atoms with E-state index in [1.165, 1.54) is 24.2 Å². The summed E-state index contributed by atoms with van der Waals surface area (Å²) in [6.45, 7) is 4.54. The van der Waals surface area contributed by atoms with Gasteiger partial charge in [-0.05, 0) is 63.0 Å². The molecule has 2 aromatic rings. The summed E-state index contributed by atoms with van der Waals surface area (Å²) in [6, 6.07) is 11.7. The van der Waals surface area contributed by atoms with Crippen molar-refractivity contribution in [1.29, 1.82) is 0 Å². The first kappa shape index (κ1) is 16.4. The molecule has 0 spiro atoms. The number of fused-ring (bicyclic) bond motifs is 3. The molecule has 1 amide bonds. The zero-order valence-electron chi connectivity index (χ0n) is 14.3. The minimum absolute atomic E-state index is 0.00789. The van der Waals surface area contributed by atoms with Gasteiger partial charge in [0.1, 0.15) is 0 Å². The number of hydrogen-bond donors (Lipinski definition) is 2. The molecule has 3 N–H and O–H groups in total. The van der Waals surface area contributed by atoms with E-state index in [4.69, 9.17) is 10.5 Å². The molecule has 4 heterocycles. The van der Waals surface area contributed by atoms with Crippen LogP contribution in [0.4, 0.5) is 5.69 Å². The number of nitrogens with two attached hydrogens (primary N) is 1. The van der Waals surface area contributed by atoms with Gasteiger partial charge in [-0.1, -0.05) is 23.5 Å². The topological polar surface area (TPSA) is 67.6 Å². The molecule has 5 rings (SSSR count). The van der Waals surface area contributed by atoms with Crippen LogP contribution >= 0.6 is 11.3 Å². The van der Waals surface area contributed by atoms with Crippen LogP contribution in [-0.4, -0.2) is 36.0 Å². The average molecular weight is 357 g/mol. The Balaban J connectivity index is 1.43. The molecule has 6 heteroatoms. The summed E-state index contributed by atoms with van der Waals surface area (Å²) in [5, 5.41) is 3.93. The summed E-state index contributed by atoms with van der Waals surface area (Å²) in [5.41, 5.74) is 6.49. The van der Waals surface area contributed by atoms with E-state index >= 15 is 0 Å². The number of carbonyl (C=O) groups is 1. The average Bonchev–Trinajstić information content (AvgIpc) is 3.09. The molecule has 0 radical (unpaired) electrons. The van der Waals surface area contributed by atoms with Crippen molar-refractivity contribution in [2.75, 3.05) is 18.8 Å². The first-order valence-electron chi connectivity index (χ1n) is 8.79. The third-order valence-electron chi connectivity index (χ3n) is 5.41. The van der Waals surface area contributed by atoms with Crippen LogP contribution in [0.1, 0.15) is 29.4 Å². The van der Waals surface area contributed by atoms with E-state index in [2.05, 4.69) is 17.1 Å². The molecule has 25 heavy (non-hydrogen) atoms. The quantitative estimate of drug-likeness (QED) is 0.824. The van der Waals surface area contributed by atoms with Crippen LogP contribution < -0.4 is 15.8 Å². The van der Waals surface area contributed by atoms with Crippen LogP contribution in [0.25, 0.3) is 0 Å². The zero-order valence-corrected chi connectivity index (χ0v) is 15.1. The molecule has 0 saturated carbocycles. The number of rotatable bonds is 4. The Kier molecular flexibility index (Phi) is 4.39. The highest BCUT2D eigenvalue weighted by Gasteiger charge is 2.40. The standard InChI is InChI=1S/C19H23N3O2S/c1-12-18(13-8-10-22(12)11-9-13)21-19(23)16-6-7-17(25-16)24-15-5-3-2-4-14(15)20/h2-7,12-13,18H,8-11,20H2,1H3,(H,21,23)/t12-,18-/m0/s1. The number of nitrogens with zero attached hydrogens (tertiary/aromatic N) is 1. The molecule has 0 unspecified atom stereocenters. The van der Waals surface area contributed by atoms with Gasteiger partial charge in [0.15, 0.2) is 10.8 Å². The lowest BCUT2D eigenvalue weighted by atomic mass is 9.79. The first-order valence-corrected chi connectivity index (χ1v) is 9.60. The minimum atomic E-state index is -0.00789. The molecule has 2 bridgehead atoms. The van der Waals surface area contributed by atoms with Gasteiger partial charge in [-0.15, -0.1) is 0 Å². The number of benzene rings is 1. The lowest BCUT2D eigenvalue weighted by Gasteiger charge is -2.49. The van der Waals surface area contributed by atoms with Gasteiger partial charge in [0.2, 0.25) is 0 Å². The number of nitrogens with one attached hydrogen (secondary N) is 1. The van der Waals surface area contributed by atoms with E-state index in [-0.39, 0.29) is 11.9 Å². The van der Waals surface area contributed by atoms with Gasteiger partial charge in [0.05, 0.1) is 10.6 Å². The van der Waals surface area contributed by atoms with Crippen molar-refractivity contribution in [3.05, 3.63) is 41.3 Å². The number of hydrogen-bond acceptors (Lipinski definition) is 5. The maximum absolute atomic E-state index is 12.7. The van der Waals surface area contributed by atoms with Crippen LogP contribution in [0, 0.1) is 5.92 Å². The summed E-state index contributed by atoms with van der Waals surface area (Å²) in [5.74, 6) is 1.21. The first-order chi connectivity index (χ1) is 12.1. The number of piperidine rings is 3. The van der Waals surface area contributed by atoms with Gasteiger partial charge in [-0.25, -0.2) is 0 Å². The van der Waals surface area contributed by atoms with Crippen molar-refractivity contribution in [1.82, 2.24) is 10.2 Å². The number of anilines is 1. The molecule has 1 aromatic carbocycles. The number of carbonyl (C=O) groups excluding carboxylic acids is 1. The Morgan fingerprint density at radius 1 is 1.24 bits per heavy atom. The van der Waals surface area contributed by atoms with Crippen LogP contribution in [0.5, 0.6) is 10.8 Å². The molecule has 1 aromatic heterocycles. The Bertz CT molecular complexity index is 766. The largest absolute Gasteiger partial charge is 0.445 e. The second-order valence-corrected chi connectivity index (χ2v) is 7.92. The molecule has 0 aliphatic carbocycles. The van der Waals surface area contributed by atoms with Crippen molar-refractivity contribution < 1.29 is 9.53 Å². The maximum Gasteiger partial charge on any atom is 0.261 e. The minimum Gasteiger partial charge on any atom is -0.445 e. The second-order valence-electron chi connectivity index (χ2n) is 6.87. The molecular formula is C19H23N3O2S. The van der Waals surface area contributed by atoms with Gasteiger partial charge < -0.3 is 15.8 Å². The normalized spacial score (nSPS) is 27.9. The van der Waals surface area contributed by atoms with Gasteiger partial charge in [0.25, 0.3) is 5.91 Å². The number of thiophene rings is 1. The van der Waals surface area contributed by atoms with Crippen molar-refractivity contribution >= 4 is 22.9 Å². The van der Waals surface area contributed by atoms with E-state index in [0.29, 0.717) is 33.3 Å². The summed E-state index contributed by atoms with van der Waals surface area (Å²) in [4.78, 5) is 15.8. The highest BCUT2D eigenvalue weighted by molar-refractivity contribution is 7.15. The number of ether oxygens (including phenoxy) is 1. The third kappa shape index (κ3) is 3.24. The Morgan fingerprint density at radius 2 is 2.00 bits per heavy atom. The fourth-order valence-corrected chi connectivity index (χ4v) is 4.72. The second kappa shape index (κ2) is 6.69.